The van der Waals surface area contributed by atoms with Crippen molar-refractivity contribution in [3.63, 3.8) is 0 Å². The predicted molar refractivity (Wildman–Crippen MR) is 159 cm³/mol. The summed E-state index contributed by atoms with van der Waals surface area (Å²) < 4.78 is 6.18. The Hall–Kier alpha value is -2.24. The third-order valence-corrected chi connectivity index (χ3v) is 8.25. The van der Waals surface area contributed by atoms with Crippen LogP contribution < -0.4 is 15.0 Å². The first kappa shape index (κ1) is 28.8. The van der Waals surface area contributed by atoms with E-state index in [0.717, 1.165) is 50.2 Å². The molecule has 2 aromatic carbocycles. The zero-order valence-corrected chi connectivity index (χ0v) is 24.8. The normalized spacial score (nSPS) is 18.8. The van der Waals surface area contributed by atoms with Crippen molar-refractivity contribution in [3.8, 4) is 5.75 Å². The van der Waals surface area contributed by atoms with Gasteiger partial charge < -0.3 is 24.8 Å². The Morgan fingerprint density at radius 3 is 2.42 bits per heavy atom. The molecule has 0 aliphatic carbocycles. The number of amides is 2. The van der Waals surface area contributed by atoms with Crippen molar-refractivity contribution in [2.75, 3.05) is 63.1 Å². The Labute approximate surface area is 243 Å². The Balaban J connectivity index is 1.48. The molecule has 2 fully saturated rings. The molecule has 8 nitrogen and oxygen atoms in total. The van der Waals surface area contributed by atoms with Crippen LogP contribution in [0.4, 0.5) is 11.4 Å². The van der Waals surface area contributed by atoms with Gasteiger partial charge >= 0.3 is 0 Å². The van der Waals surface area contributed by atoms with Gasteiger partial charge in [-0.3, -0.25) is 14.5 Å². The number of carbonyl (C=O) groups excluding carboxylic acids is 2. The lowest BCUT2D eigenvalue weighted by atomic mass is 10.1. The number of nitrogens with zero attached hydrogens (tertiary/aromatic N) is 4. The fourth-order valence-electron chi connectivity index (χ4n) is 4.83. The van der Waals surface area contributed by atoms with E-state index in [1.165, 1.54) is 12.0 Å². The molecule has 0 spiro atoms. The first-order valence-corrected chi connectivity index (χ1v) is 14.4. The SMILES string of the molecule is CCN1CCN(CCCN2C(=S)N(c3ccc(OC)c(Cl)c3)C(=O)[C@@H]2CC(=O)Nc2ccc(Br)cc2)CC1. The molecule has 2 aliphatic rings. The Kier molecular flexibility index (Phi) is 10.00. The summed E-state index contributed by atoms with van der Waals surface area (Å²) >= 11 is 15.6. The number of benzene rings is 2. The molecule has 2 heterocycles. The van der Waals surface area contributed by atoms with Crippen LogP contribution in [0.5, 0.6) is 5.75 Å². The number of anilines is 2. The van der Waals surface area contributed by atoms with Crippen molar-refractivity contribution >= 4 is 68.1 Å². The van der Waals surface area contributed by atoms with Gasteiger partial charge in [0.1, 0.15) is 11.8 Å². The van der Waals surface area contributed by atoms with E-state index in [9.17, 15) is 9.59 Å². The Bertz CT molecular complexity index is 1160. The van der Waals surface area contributed by atoms with Crippen molar-refractivity contribution in [1.82, 2.24) is 14.7 Å². The molecule has 38 heavy (non-hydrogen) atoms. The molecule has 2 amide bonds. The zero-order chi connectivity index (χ0) is 27.2. The molecule has 2 saturated heterocycles. The topological polar surface area (TPSA) is 68.4 Å². The first-order valence-electron chi connectivity index (χ1n) is 12.8. The van der Waals surface area contributed by atoms with Gasteiger partial charge in [0.25, 0.3) is 5.91 Å². The smallest absolute Gasteiger partial charge is 0.256 e. The van der Waals surface area contributed by atoms with Crippen LogP contribution in [0.15, 0.2) is 46.9 Å². The maximum atomic E-state index is 13.7. The maximum Gasteiger partial charge on any atom is 0.256 e. The van der Waals surface area contributed by atoms with E-state index in [1.54, 1.807) is 18.2 Å². The van der Waals surface area contributed by atoms with E-state index in [2.05, 4.69) is 38.0 Å². The van der Waals surface area contributed by atoms with E-state index in [1.807, 2.05) is 29.2 Å². The van der Waals surface area contributed by atoms with Crippen molar-refractivity contribution in [2.24, 2.45) is 0 Å². The molecule has 0 bridgehead atoms. The van der Waals surface area contributed by atoms with Gasteiger partial charge in [0.2, 0.25) is 5.91 Å². The zero-order valence-electron chi connectivity index (χ0n) is 21.7. The lowest BCUT2D eigenvalue weighted by Gasteiger charge is -2.34. The molecule has 2 aromatic rings. The van der Waals surface area contributed by atoms with Crippen molar-refractivity contribution in [1.29, 1.82) is 0 Å². The molecule has 11 heteroatoms. The molecule has 0 unspecified atom stereocenters. The van der Waals surface area contributed by atoms with E-state index in [-0.39, 0.29) is 18.2 Å². The summed E-state index contributed by atoms with van der Waals surface area (Å²) in [5, 5.41) is 3.66. The van der Waals surface area contributed by atoms with Crippen LogP contribution in [0.1, 0.15) is 19.8 Å². The minimum Gasteiger partial charge on any atom is -0.495 e. The fraction of sp³-hybridized carbons (Fsp3) is 0.444. The minimum atomic E-state index is -0.698. The lowest BCUT2D eigenvalue weighted by molar-refractivity contribution is -0.124. The fourth-order valence-corrected chi connectivity index (χ4v) is 5.76. The average Bonchev–Trinajstić information content (AvgIpc) is 3.14. The Morgan fingerprint density at radius 1 is 1.11 bits per heavy atom. The van der Waals surface area contributed by atoms with Crippen molar-refractivity contribution < 1.29 is 14.3 Å². The molecular formula is C27H33BrClN5O3S. The standard InChI is InChI=1S/C27H33BrClN5O3S/c1-3-31-13-15-32(16-14-31)11-4-12-33-23(18-25(35)30-20-7-5-19(28)6-8-20)26(36)34(27(33)38)21-9-10-24(37-2)22(29)17-21/h5-10,17,23H,3-4,11-16,18H2,1-2H3,(H,30,35)/t23-/m0/s1. The summed E-state index contributed by atoms with van der Waals surface area (Å²) in [4.78, 5) is 34.9. The van der Waals surface area contributed by atoms with Crippen LogP contribution in [0.2, 0.25) is 5.02 Å². The molecule has 0 saturated carbocycles. The van der Waals surface area contributed by atoms with Crippen LogP contribution in [-0.4, -0.2) is 90.6 Å². The van der Waals surface area contributed by atoms with Gasteiger partial charge in [0, 0.05) is 42.9 Å². The maximum absolute atomic E-state index is 13.7. The molecule has 0 aromatic heterocycles. The number of piperazine rings is 1. The lowest BCUT2D eigenvalue weighted by Crippen LogP contribution is -2.47. The van der Waals surface area contributed by atoms with Crippen molar-refractivity contribution in [3.05, 3.63) is 52.0 Å². The number of hydrogen-bond acceptors (Lipinski definition) is 6. The van der Waals surface area contributed by atoms with Gasteiger partial charge in [0.05, 0.1) is 24.2 Å². The summed E-state index contributed by atoms with van der Waals surface area (Å²) in [5.41, 5.74) is 1.23. The number of ether oxygens (including phenoxy) is 1. The highest BCUT2D eigenvalue weighted by Gasteiger charge is 2.44. The second kappa shape index (κ2) is 13.2. The highest BCUT2D eigenvalue weighted by atomic mass is 79.9. The number of rotatable bonds is 10. The minimum absolute atomic E-state index is 0.00933. The van der Waals surface area contributed by atoms with Gasteiger partial charge in [-0.2, -0.15) is 0 Å². The molecule has 2 aliphatic heterocycles. The summed E-state index contributed by atoms with van der Waals surface area (Å²) in [6, 6.07) is 11.8. The van der Waals surface area contributed by atoms with Gasteiger partial charge in [-0.1, -0.05) is 34.5 Å². The van der Waals surface area contributed by atoms with E-state index in [4.69, 9.17) is 28.6 Å². The van der Waals surface area contributed by atoms with Gasteiger partial charge in [-0.05, 0) is 74.2 Å². The van der Waals surface area contributed by atoms with Crippen LogP contribution >= 0.6 is 39.7 Å². The molecule has 4 rings (SSSR count). The number of carbonyl (C=O) groups is 2. The number of thiocarbonyl (C=S) groups is 1. The molecule has 1 atom stereocenters. The first-order chi connectivity index (χ1) is 18.3. The van der Waals surface area contributed by atoms with E-state index in [0.29, 0.717) is 33.8 Å². The number of methoxy groups -OCH3 is 1. The van der Waals surface area contributed by atoms with Crippen LogP contribution in [0.3, 0.4) is 0 Å². The quantitative estimate of drug-likeness (QED) is 0.392. The molecule has 1 N–H and O–H groups in total. The van der Waals surface area contributed by atoms with Crippen molar-refractivity contribution in [2.45, 2.75) is 25.8 Å². The number of hydrogen-bond donors (Lipinski definition) is 1. The average molecular weight is 623 g/mol. The van der Waals surface area contributed by atoms with Crippen LogP contribution in [-0.2, 0) is 9.59 Å². The van der Waals surface area contributed by atoms with E-state index >= 15 is 0 Å². The number of likely N-dealkylation sites (N-methyl/N-ethyl adjacent to an activating group) is 1. The van der Waals surface area contributed by atoms with E-state index < -0.39 is 6.04 Å². The highest BCUT2D eigenvalue weighted by molar-refractivity contribution is 9.10. The summed E-state index contributed by atoms with van der Waals surface area (Å²) in [7, 11) is 1.54. The number of nitrogens with one attached hydrogen (secondary N) is 1. The molecule has 0 radical (unpaired) electrons. The monoisotopic (exact) mass is 621 g/mol. The molecular weight excluding hydrogens is 590 g/mol. The number of halogens is 2. The van der Waals surface area contributed by atoms with Crippen LogP contribution in [0.25, 0.3) is 0 Å². The third-order valence-electron chi connectivity index (χ3n) is 7.00. The van der Waals surface area contributed by atoms with Crippen LogP contribution in [0, 0.1) is 0 Å². The summed E-state index contributed by atoms with van der Waals surface area (Å²) in [6.45, 7) is 8.97. The third kappa shape index (κ3) is 6.84. The Morgan fingerprint density at radius 2 is 1.79 bits per heavy atom. The molecule has 204 valence electrons. The largest absolute Gasteiger partial charge is 0.495 e. The summed E-state index contributed by atoms with van der Waals surface area (Å²) in [6.07, 6.45) is 0.826. The second-order valence-corrected chi connectivity index (χ2v) is 11.1. The van der Waals surface area contributed by atoms with Gasteiger partial charge in [-0.15, -0.1) is 0 Å². The highest BCUT2D eigenvalue weighted by Crippen LogP contribution is 2.33. The summed E-state index contributed by atoms with van der Waals surface area (Å²) in [5.74, 6) is 0.0287. The van der Waals surface area contributed by atoms with Gasteiger partial charge in [0.15, 0.2) is 5.11 Å². The second-order valence-electron chi connectivity index (χ2n) is 9.37. The predicted octanol–water partition coefficient (Wildman–Crippen LogP) is 4.47. The van der Waals surface area contributed by atoms with Gasteiger partial charge in [-0.25, -0.2) is 0 Å².